The van der Waals surface area contributed by atoms with Crippen molar-refractivity contribution in [2.45, 2.75) is 13.5 Å². The van der Waals surface area contributed by atoms with Crippen LogP contribution >= 0.6 is 0 Å². The molecule has 0 bridgehead atoms. The van der Waals surface area contributed by atoms with Gasteiger partial charge in [0.25, 0.3) is 0 Å². The molecule has 0 atom stereocenters. The van der Waals surface area contributed by atoms with Crippen molar-refractivity contribution >= 4 is 5.97 Å². The molecular formula is C8H13N3O2. The minimum atomic E-state index is -0.930. The molecule has 13 heavy (non-hydrogen) atoms. The van der Waals surface area contributed by atoms with Gasteiger partial charge in [0.1, 0.15) is 5.56 Å². The van der Waals surface area contributed by atoms with Gasteiger partial charge < -0.3 is 10.4 Å². The van der Waals surface area contributed by atoms with Gasteiger partial charge in [-0.1, -0.05) is 6.92 Å². The number of carboxylic acid groups (broad SMARTS) is 1. The van der Waals surface area contributed by atoms with Crippen molar-refractivity contribution < 1.29 is 9.90 Å². The Kier molecular flexibility index (Phi) is 3.02. The highest BCUT2D eigenvalue weighted by molar-refractivity contribution is 5.88. The maximum atomic E-state index is 10.7. The molecule has 5 nitrogen and oxygen atoms in total. The van der Waals surface area contributed by atoms with E-state index in [9.17, 15) is 4.79 Å². The summed E-state index contributed by atoms with van der Waals surface area (Å²) in [5, 5.41) is 15.7. The molecule has 1 aromatic heterocycles. The van der Waals surface area contributed by atoms with Gasteiger partial charge in [0.15, 0.2) is 0 Å². The van der Waals surface area contributed by atoms with Gasteiger partial charge >= 0.3 is 5.97 Å². The van der Waals surface area contributed by atoms with E-state index < -0.39 is 5.97 Å². The molecule has 0 amide bonds. The predicted octanol–water partition coefficient (Wildman–Crippen LogP) is 0.228. The van der Waals surface area contributed by atoms with Crippen LogP contribution in [0.5, 0.6) is 0 Å². The number of nitrogens with one attached hydrogen (secondary N) is 1. The molecule has 0 aliphatic heterocycles. The Morgan fingerprint density at radius 2 is 2.46 bits per heavy atom. The zero-order valence-corrected chi connectivity index (χ0v) is 7.74. The molecule has 0 spiro atoms. The Balaban J connectivity index is 2.88. The molecule has 0 aliphatic rings. The molecule has 0 radical (unpaired) electrons. The molecule has 5 heteroatoms. The molecule has 0 saturated heterocycles. The molecule has 72 valence electrons. The fourth-order valence-corrected chi connectivity index (χ4v) is 1.09. The lowest BCUT2D eigenvalue weighted by Gasteiger charge is -2.03. The van der Waals surface area contributed by atoms with E-state index in [0.29, 0.717) is 12.2 Å². The molecule has 2 N–H and O–H groups in total. The van der Waals surface area contributed by atoms with Gasteiger partial charge in [-0.25, -0.2) is 4.79 Å². The maximum Gasteiger partial charge on any atom is 0.339 e. The van der Waals surface area contributed by atoms with E-state index in [1.165, 1.54) is 6.20 Å². The first kappa shape index (κ1) is 9.73. The van der Waals surface area contributed by atoms with Crippen LogP contribution in [0.1, 0.15) is 23.0 Å². The third-order valence-corrected chi connectivity index (χ3v) is 1.83. The summed E-state index contributed by atoms with van der Waals surface area (Å²) in [5.74, 6) is -0.930. The van der Waals surface area contributed by atoms with Crippen LogP contribution in [0, 0.1) is 0 Å². The highest BCUT2D eigenvalue weighted by Crippen LogP contribution is 2.06. The second-order valence-electron chi connectivity index (χ2n) is 2.71. The lowest BCUT2D eigenvalue weighted by atomic mass is 10.2. The Morgan fingerprint density at radius 1 is 1.77 bits per heavy atom. The number of carbonyl (C=O) groups is 1. The summed E-state index contributed by atoms with van der Waals surface area (Å²) in [5.41, 5.74) is 0.970. The molecule has 1 heterocycles. The number of nitrogens with zero attached hydrogens (tertiary/aromatic N) is 2. The zero-order valence-electron chi connectivity index (χ0n) is 7.74. The summed E-state index contributed by atoms with van der Waals surface area (Å²) in [6.45, 7) is 3.32. The fraction of sp³-hybridized carbons (Fsp3) is 0.500. The van der Waals surface area contributed by atoms with Crippen LogP contribution in [0.4, 0.5) is 0 Å². The van der Waals surface area contributed by atoms with Crippen molar-refractivity contribution in [3.05, 3.63) is 17.5 Å². The zero-order chi connectivity index (χ0) is 9.84. The summed E-state index contributed by atoms with van der Waals surface area (Å²) in [7, 11) is 1.74. The summed E-state index contributed by atoms with van der Waals surface area (Å²) in [6, 6.07) is 0. The number of aromatic nitrogens is 2. The summed E-state index contributed by atoms with van der Waals surface area (Å²) in [6.07, 6.45) is 1.37. The minimum Gasteiger partial charge on any atom is -0.478 e. The maximum absolute atomic E-state index is 10.7. The molecule has 1 aromatic rings. The Hall–Kier alpha value is -1.36. The quantitative estimate of drug-likeness (QED) is 0.701. The summed E-state index contributed by atoms with van der Waals surface area (Å²) >= 11 is 0. The Morgan fingerprint density at radius 3 is 3.00 bits per heavy atom. The topological polar surface area (TPSA) is 67.2 Å². The standard InChI is InChI=1S/C8H13N3O2/c1-3-9-5-7-6(8(12)13)4-10-11(7)2/h4,9H,3,5H2,1-2H3,(H,12,13). The van der Waals surface area contributed by atoms with E-state index in [0.717, 1.165) is 6.54 Å². The second-order valence-corrected chi connectivity index (χ2v) is 2.71. The smallest absolute Gasteiger partial charge is 0.339 e. The van der Waals surface area contributed by atoms with Gasteiger partial charge in [0, 0.05) is 13.6 Å². The highest BCUT2D eigenvalue weighted by atomic mass is 16.4. The molecule has 0 saturated carbocycles. The summed E-state index contributed by atoms with van der Waals surface area (Å²) in [4.78, 5) is 10.7. The van der Waals surface area contributed by atoms with E-state index in [1.54, 1.807) is 11.7 Å². The van der Waals surface area contributed by atoms with Gasteiger partial charge in [-0.3, -0.25) is 4.68 Å². The summed E-state index contributed by atoms with van der Waals surface area (Å²) < 4.78 is 1.58. The van der Waals surface area contributed by atoms with Crippen LogP contribution in [0.3, 0.4) is 0 Å². The first-order chi connectivity index (χ1) is 6.16. The van der Waals surface area contributed by atoms with Gasteiger partial charge in [-0.05, 0) is 6.54 Å². The van der Waals surface area contributed by atoms with Crippen LogP contribution in [0.2, 0.25) is 0 Å². The number of hydrogen-bond donors (Lipinski definition) is 2. The average Bonchev–Trinajstić information content (AvgIpc) is 2.43. The fourth-order valence-electron chi connectivity index (χ4n) is 1.09. The van der Waals surface area contributed by atoms with Crippen LogP contribution < -0.4 is 5.32 Å². The van der Waals surface area contributed by atoms with Gasteiger partial charge in [-0.2, -0.15) is 5.10 Å². The van der Waals surface area contributed by atoms with Crippen molar-refractivity contribution in [3.8, 4) is 0 Å². The third-order valence-electron chi connectivity index (χ3n) is 1.83. The van der Waals surface area contributed by atoms with Crippen molar-refractivity contribution in [1.82, 2.24) is 15.1 Å². The van der Waals surface area contributed by atoms with E-state index in [1.807, 2.05) is 6.92 Å². The Bertz CT molecular complexity index is 306. The van der Waals surface area contributed by atoms with Crippen LogP contribution in [-0.2, 0) is 13.6 Å². The van der Waals surface area contributed by atoms with Crippen molar-refractivity contribution in [1.29, 1.82) is 0 Å². The number of aromatic carboxylic acids is 1. The van der Waals surface area contributed by atoms with Gasteiger partial charge in [0.05, 0.1) is 11.9 Å². The van der Waals surface area contributed by atoms with E-state index in [2.05, 4.69) is 10.4 Å². The average molecular weight is 183 g/mol. The number of rotatable bonds is 4. The van der Waals surface area contributed by atoms with Crippen molar-refractivity contribution in [2.24, 2.45) is 7.05 Å². The molecule has 0 aromatic carbocycles. The molecule has 0 unspecified atom stereocenters. The van der Waals surface area contributed by atoms with Crippen LogP contribution in [-0.4, -0.2) is 27.4 Å². The monoisotopic (exact) mass is 183 g/mol. The lowest BCUT2D eigenvalue weighted by molar-refractivity contribution is 0.0695. The second kappa shape index (κ2) is 4.04. The van der Waals surface area contributed by atoms with Crippen molar-refractivity contribution in [2.75, 3.05) is 6.54 Å². The predicted molar refractivity (Wildman–Crippen MR) is 47.5 cm³/mol. The third kappa shape index (κ3) is 2.06. The van der Waals surface area contributed by atoms with E-state index >= 15 is 0 Å². The first-order valence-corrected chi connectivity index (χ1v) is 4.11. The van der Waals surface area contributed by atoms with Gasteiger partial charge in [-0.15, -0.1) is 0 Å². The highest BCUT2D eigenvalue weighted by Gasteiger charge is 2.13. The molecule has 1 rings (SSSR count). The van der Waals surface area contributed by atoms with E-state index in [-0.39, 0.29) is 5.56 Å². The Labute approximate surface area is 76.4 Å². The van der Waals surface area contributed by atoms with Crippen LogP contribution in [0.25, 0.3) is 0 Å². The SMILES string of the molecule is CCNCc1c(C(=O)O)cnn1C. The molecule has 0 fully saturated rings. The molecular weight excluding hydrogens is 170 g/mol. The minimum absolute atomic E-state index is 0.267. The number of hydrogen-bond acceptors (Lipinski definition) is 3. The largest absolute Gasteiger partial charge is 0.478 e. The normalized spacial score (nSPS) is 10.3. The van der Waals surface area contributed by atoms with Crippen molar-refractivity contribution in [3.63, 3.8) is 0 Å². The van der Waals surface area contributed by atoms with Gasteiger partial charge in [0.2, 0.25) is 0 Å². The van der Waals surface area contributed by atoms with Crippen LogP contribution in [0.15, 0.2) is 6.20 Å². The first-order valence-electron chi connectivity index (χ1n) is 4.11. The molecule has 0 aliphatic carbocycles. The number of carboxylic acids is 1. The lowest BCUT2D eigenvalue weighted by Crippen LogP contribution is -2.17. The number of aryl methyl sites for hydroxylation is 1. The van der Waals surface area contributed by atoms with E-state index in [4.69, 9.17) is 5.11 Å².